The normalized spacial score (nSPS) is 10.9. The Balaban J connectivity index is 0.000000288. The van der Waals surface area contributed by atoms with Gasteiger partial charge in [0.05, 0.1) is 0 Å². The second-order valence-corrected chi connectivity index (χ2v) is 3.19. The first-order chi connectivity index (χ1) is 6.99. The molecule has 0 bridgehead atoms. The highest BCUT2D eigenvalue weighted by Crippen LogP contribution is 2.10. The van der Waals surface area contributed by atoms with E-state index in [1.165, 1.54) is 18.2 Å². The number of carboxylic acids is 1. The Labute approximate surface area is 90.1 Å². The molecule has 0 aliphatic carbocycles. The molecule has 0 spiro atoms. The standard InChI is InChI=1S/C8H11N.C3H7NO2/c1-7-5-3-4-6-8(7)9-2;1-2(4)3(5)6/h3-6,9H,1-2H3;2H,4H2,1H3,(H,5,6). The van der Waals surface area contributed by atoms with E-state index in [1.54, 1.807) is 0 Å². The number of nitrogens with one attached hydrogen (secondary N) is 1. The molecule has 1 aromatic carbocycles. The van der Waals surface area contributed by atoms with Gasteiger partial charge in [-0.25, -0.2) is 0 Å². The highest BCUT2D eigenvalue weighted by Gasteiger charge is 1.99. The minimum Gasteiger partial charge on any atom is -0.480 e. The van der Waals surface area contributed by atoms with E-state index in [2.05, 4.69) is 24.4 Å². The molecule has 1 aromatic rings. The van der Waals surface area contributed by atoms with Gasteiger partial charge in [-0.05, 0) is 25.5 Å². The number of hydrogen-bond acceptors (Lipinski definition) is 3. The third-order valence-electron chi connectivity index (χ3n) is 1.80. The average Bonchev–Trinajstić information content (AvgIpc) is 2.19. The number of hydrogen-bond donors (Lipinski definition) is 3. The maximum absolute atomic E-state index is 9.57. The van der Waals surface area contributed by atoms with E-state index >= 15 is 0 Å². The predicted molar refractivity (Wildman–Crippen MR) is 62.0 cm³/mol. The van der Waals surface area contributed by atoms with Gasteiger partial charge in [-0.1, -0.05) is 18.2 Å². The van der Waals surface area contributed by atoms with Crippen molar-refractivity contribution in [1.29, 1.82) is 0 Å². The topological polar surface area (TPSA) is 75.4 Å². The number of benzene rings is 1. The zero-order valence-electron chi connectivity index (χ0n) is 9.32. The van der Waals surface area contributed by atoms with Gasteiger partial charge in [0.15, 0.2) is 0 Å². The number of rotatable bonds is 2. The van der Waals surface area contributed by atoms with Crippen LogP contribution in [0.4, 0.5) is 5.69 Å². The van der Waals surface area contributed by atoms with Gasteiger partial charge in [-0.15, -0.1) is 0 Å². The molecule has 0 saturated heterocycles. The molecule has 0 amide bonds. The Bertz CT molecular complexity index is 311. The molecular formula is C11H18N2O2. The van der Waals surface area contributed by atoms with Crippen molar-refractivity contribution in [2.75, 3.05) is 12.4 Å². The molecule has 15 heavy (non-hydrogen) atoms. The third-order valence-corrected chi connectivity index (χ3v) is 1.80. The molecular weight excluding hydrogens is 192 g/mol. The number of aliphatic carboxylic acids is 1. The molecule has 0 aliphatic rings. The van der Waals surface area contributed by atoms with Crippen LogP contribution in [-0.2, 0) is 4.79 Å². The molecule has 0 heterocycles. The molecule has 84 valence electrons. The first-order valence-corrected chi connectivity index (χ1v) is 4.70. The molecule has 4 heteroatoms. The first-order valence-electron chi connectivity index (χ1n) is 4.70. The number of carbonyl (C=O) groups is 1. The summed E-state index contributed by atoms with van der Waals surface area (Å²) in [7, 11) is 1.93. The monoisotopic (exact) mass is 210 g/mol. The van der Waals surface area contributed by atoms with Crippen LogP contribution >= 0.6 is 0 Å². The second-order valence-electron chi connectivity index (χ2n) is 3.19. The zero-order valence-corrected chi connectivity index (χ0v) is 9.32. The van der Waals surface area contributed by atoms with Crippen LogP contribution in [0.15, 0.2) is 24.3 Å². The van der Waals surface area contributed by atoms with Gasteiger partial charge in [0, 0.05) is 12.7 Å². The highest BCUT2D eigenvalue weighted by molar-refractivity contribution is 5.72. The van der Waals surface area contributed by atoms with E-state index in [9.17, 15) is 4.79 Å². The fraction of sp³-hybridized carbons (Fsp3) is 0.364. The van der Waals surface area contributed by atoms with Crippen LogP contribution in [0.3, 0.4) is 0 Å². The van der Waals surface area contributed by atoms with Gasteiger partial charge in [-0.3, -0.25) is 4.79 Å². The lowest BCUT2D eigenvalue weighted by atomic mass is 10.2. The SMILES string of the molecule is CC(N)C(=O)O.CNc1ccccc1C. The van der Waals surface area contributed by atoms with Crippen molar-refractivity contribution in [3.63, 3.8) is 0 Å². The minimum atomic E-state index is -0.963. The quantitative estimate of drug-likeness (QED) is 0.690. The lowest BCUT2D eigenvalue weighted by molar-refractivity contribution is -0.138. The van der Waals surface area contributed by atoms with Crippen LogP contribution in [0.1, 0.15) is 12.5 Å². The van der Waals surface area contributed by atoms with Crippen LogP contribution in [0, 0.1) is 6.92 Å². The summed E-state index contributed by atoms with van der Waals surface area (Å²) in [6.45, 7) is 3.51. The van der Waals surface area contributed by atoms with E-state index in [1.807, 2.05) is 19.2 Å². The van der Waals surface area contributed by atoms with Gasteiger partial charge in [0.25, 0.3) is 0 Å². The molecule has 4 nitrogen and oxygen atoms in total. The van der Waals surface area contributed by atoms with Crippen LogP contribution < -0.4 is 11.1 Å². The summed E-state index contributed by atoms with van der Waals surface area (Å²) >= 11 is 0. The molecule has 0 aliphatic heterocycles. The molecule has 0 saturated carbocycles. The Morgan fingerprint density at radius 2 is 1.93 bits per heavy atom. The number of carboxylic acid groups (broad SMARTS) is 1. The molecule has 1 unspecified atom stereocenters. The summed E-state index contributed by atoms with van der Waals surface area (Å²) in [5.74, 6) is -0.963. The summed E-state index contributed by atoms with van der Waals surface area (Å²) in [5.41, 5.74) is 7.33. The van der Waals surface area contributed by atoms with E-state index < -0.39 is 12.0 Å². The summed E-state index contributed by atoms with van der Waals surface area (Å²) in [4.78, 5) is 9.57. The lowest BCUT2D eigenvalue weighted by Gasteiger charge is -2.01. The van der Waals surface area contributed by atoms with Crippen molar-refractivity contribution in [3.8, 4) is 0 Å². The number of nitrogens with two attached hydrogens (primary N) is 1. The highest BCUT2D eigenvalue weighted by atomic mass is 16.4. The molecule has 0 fully saturated rings. The number of anilines is 1. The molecule has 0 radical (unpaired) electrons. The second kappa shape index (κ2) is 6.84. The van der Waals surface area contributed by atoms with Crippen molar-refractivity contribution in [2.45, 2.75) is 19.9 Å². The Kier molecular flexibility index (Phi) is 6.13. The smallest absolute Gasteiger partial charge is 0.320 e. The van der Waals surface area contributed by atoms with E-state index in [-0.39, 0.29) is 0 Å². The van der Waals surface area contributed by atoms with E-state index in [0.29, 0.717) is 0 Å². The largest absolute Gasteiger partial charge is 0.480 e. The summed E-state index contributed by atoms with van der Waals surface area (Å²) in [6, 6.07) is 7.49. The first kappa shape index (κ1) is 13.4. The fourth-order valence-electron chi connectivity index (χ4n) is 0.853. The minimum absolute atomic E-state index is 0.731. The van der Waals surface area contributed by atoms with Crippen molar-refractivity contribution in [3.05, 3.63) is 29.8 Å². The Morgan fingerprint density at radius 3 is 2.20 bits per heavy atom. The van der Waals surface area contributed by atoms with Crippen LogP contribution in [0.25, 0.3) is 0 Å². The number of aryl methyl sites for hydroxylation is 1. The maximum Gasteiger partial charge on any atom is 0.320 e. The van der Waals surface area contributed by atoms with Crippen molar-refractivity contribution in [1.82, 2.24) is 0 Å². The van der Waals surface area contributed by atoms with Gasteiger partial charge >= 0.3 is 5.97 Å². The molecule has 1 rings (SSSR count). The maximum atomic E-state index is 9.57. The third kappa shape index (κ3) is 5.70. The fourth-order valence-corrected chi connectivity index (χ4v) is 0.853. The zero-order chi connectivity index (χ0) is 11.8. The Morgan fingerprint density at radius 1 is 1.47 bits per heavy atom. The van der Waals surface area contributed by atoms with Crippen LogP contribution in [0.5, 0.6) is 0 Å². The summed E-state index contributed by atoms with van der Waals surface area (Å²) < 4.78 is 0. The van der Waals surface area contributed by atoms with Crippen LogP contribution in [0.2, 0.25) is 0 Å². The van der Waals surface area contributed by atoms with Gasteiger partial charge in [0.1, 0.15) is 6.04 Å². The Hall–Kier alpha value is -1.55. The van der Waals surface area contributed by atoms with Gasteiger partial charge < -0.3 is 16.2 Å². The average molecular weight is 210 g/mol. The van der Waals surface area contributed by atoms with E-state index in [0.717, 1.165) is 0 Å². The predicted octanol–water partition coefficient (Wildman–Crippen LogP) is 1.45. The van der Waals surface area contributed by atoms with E-state index in [4.69, 9.17) is 10.8 Å². The summed E-state index contributed by atoms with van der Waals surface area (Å²) in [5, 5.41) is 11.0. The summed E-state index contributed by atoms with van der Waals surface area (Å²) in [6.07, 6.45) is 0. The van der Waals surface area contributed by atoms with Crippen molar-refractivity contribution >= 4 is 11.7 Å². The molecule has 1 atom stereocenters. The molecule has 0 aromatic heterocycles. The molecule has 4 N–H and O–H groups in total. The van der Waals surface area contributed by atoms with Crippen molar-refractivity contribution in [2.24, 2.45) is 5.73 Å². The van der Waals surface area contributed by atoms with Crippen molar-refractivity contribution < 1.29 is 9.90 Å². The number of para-hydroxylation sites is 1. The lowest BCUT2D eigenvalue weighted by Crippen LogP contribution is -2.25. The van der Waals surface area contributed by atoms with Crippen LogP contribution in [-0.4, -0.2) is 24.2 Å². The van der Waals surface area contributed by atoms with Gasteiger partial charge in [-0.2, -0.15) is 0 Å². The van der Waals surface area contributed by atoms with Gasteiger partial charge in [0.2, 0.25) is 0 Å².